The number of nitrogens with two attached hydrogens (primary N) is 1. The Morgan fingerprint density at radius 3 is 2.61 bits per heavy atom. The van der Waals surface area contributed by atoms with E-state index in [0.717, 1.165) is 54.8 Å². The second-order valence-corrected chi connectivity index (χ2v) is 13.0. The summed E-state index contributed by atoms with van der Waals surface area (Å²) in [6, 6.07) is 6.60. The van der Waals surface area contributed by atoms with Gasteiger partial charge in [0.15, 0.2) is 0 Å². The van der Waals surface area contributed by atoms with Gasteiger partial charge in [-0.1, -0.05) is 63.2 Å². The number of benzene rings is 1. The Morgan fingerprint density at radius 1 is 1.33 bits per heavy atom. The van der Waals surface area contributed by atoms with E-state index >= 15 is 0 Å². The number of hydrogen-bond acceptors (Lipinski definition) is 7. The van der Waals surface area contributed by atoms with Crippen molar-refractivity contribution in [3.63, 3.8) is 0 Å². The number of aliphatic imine (C=N–C) groups is 2. The Labute approximate surface area is 284 Å². The molecule has 4 unspecified atom stereocenters. The summed E-state index contributed by atoms with van der Waals surface area (Å²) in [6.45, 7) is 17.3. The lowest BCUT2D eigenvalue weighted by Gasteiger charge is -2.34. The van der Waals surface area contributed by atoms with Crippen molar-refractivity contribution in [1.82, 2.24) is 10.2 Å². The molecule has 0 radical (unpaired) electrons. The quantitative estimate of drug-likeness (QED) is 0.173. The van der Waals surface area contributed by atoms with E-state index in [1.165, 1.54) is 31.9 Å². The van der Waals surface area contributed by atoms with Crippen molar-refractivity contribution in [1.29, 1.82) is 5.41 Å². The molecule has 2 fully saturated rings. The van der Waals surface area contributed by atoms with Crippen molar-refractivity contribution in [3.8, 4) is 0 Å². The molecular formula is C36H51ClF2N6S. The summed E-state index contributed by atoms with van der Waals surface area (Å²) >= 11 is 7.22. The number of rotatable bonds is 14. The normalized spacial score (nSPS) is 19.8. The van der Waals surface area contributed by atoms with Crippen molar-refractivity contribution in [3.05, 3.63) is 95.4 Å². The van der Waals surface area contributed by atoms with E-state index in [1.807, 2.05) is 18.7 Å². The lowest BCUT2D eigenvalue weighted by atomic mass is 9.99. The molecule has 1 saturated carbocycles. The average molecular weight is 673 g/mol. The van der Waals surface area contributed by atoms with Crippen LogP contribution >= 0.6 is 23.4 Å². The highest BCUT2D eigenvalue weighted by molar-refractivity contribution is 8.03. The number of alkyl halides is 1. The Bertz CT molecular complexity index is 1280. The summed E-state index contributed by atoms with van der Waals surface area (Å²) in [7, 11) is 0. The predicted octanol–water partition coefficient (Wildman–Crippen LogP) is 8.68. The monoisotopic (exact) mass is 672 g/mol. The molecule has 6 nitrogen and oxygen atoms in total. The van der Waals surface area contributed by atoms with Gasteiger partial charge in [-0.25, -0.2) is 8.78 Å². The van der Waals surface area contributed by atoms with Crippen LogP contribution in [0, 0.1) is 17.1 Å². The van der Waals surface area contributed by atoms with Gasteiger partial charge in [0.1, 0.15) is 17.8 Å². The number of allylic oxidation sites excluding steroid dienone is 3. The number of halogens is 3. The van der Waals surface area contributed by atoms with Crippen LogP contribution < -0.4 is 11.1 Å². The summed E-state index contributed by atoms with van der Waals surface area (Å²) in [5, 5.41) is 14.6. The molecular weight excluding hydrogens is 622 g/mol. The molecule has 4 atom stereocenters. The Kier molecular flexibility index (Phi) is 18.0. The minimum absolute atomic E-state index is 0.0604. The van der Waals surface area contributed by atoms with Crippen molar-refractivity contribution < 1.29 is 8.78 Å². The van der Waals surface area contributed by atoms with E-state index in [4.69, 9.17) is 27.7 Å². The number of thioether (sulfide) groups is 1. The fourth-order valence-electron chi connectivity index (χ4n) is 4.69. The summed E-state index contributed by atoms with van der Waals surface area (Å²) in [4.78, 5) is 11.2. The van der Waals surface area contributed by atoms with Crippen LogP contribution in [0.25, 0.3) is 0 Å². The zero-order valence-corrected chi connectivity index (χ0v) is 29.3. The van der Waals surface area contributed by atoms with Gasteiger partial charge in [-0.05, 0) is 74.8 Å². The van der Waals surface area contributed by atoms with Crippen LogP contribution in [-0.2, 0) is 0 Å². The Balaban J connectivity index is 0.000000313. The van der Waals surface area contributed by atoms with Crippen LogP contribution in [-0.4, -0.2) is 65.3 Å². The lowest BCUT2D eigenvalue weighted by Crippen LogP contribution is -2.42. The molecule has 1 saturated heterocycles. The molecule has 0 aromatic heterocycles. The maximum Gasteiger partial charge on any atom is 0.124 e. The molecule has 46 heavy (non-hydrogen) atoms. The third-order valence-electron chi connectivity index (χ3n) is 7.50. The molecule has 0 amide bonds. The molecule has 1 aromatic rings. The molecule has 4 rings (SSSR count). The standard InChI is InChI=1S/C21H33FN4S.C9H14N2.C6H4ClF/c1-5-10-27-20(14(3)6-2)21-25-12-17(18(24)9-7-8-15(4)22)19-11-16(23)13-26(19)21;1-3-8(10-4-2)7-11-9-5-6-9;7-5-2-1-3-6(8)4-5/h5,7,9-10,14-16,20,24H,6,8,11-13,23H2,1-4H3;3-4,9,11H,1-2,5-7H2;1-4H/b9-7-,10-5-,24-18?;;. The molecule has 1 aliphatic carbocycles. The molecule has 1 aromatic carbocycles. The van der Waals surface area contributed by atoms with E-state index in [2.05, 4.69) is 53.7 Å². The van der Waals surface area contributed by atoms with E-state index in [0.29, 0.717) is 29.6 Å². The van der Waals surface area contributed by atoms with Gasteiger partial charge in [0, 0.05) is 54.1 Å². The molecule has 0 bridgehead atoms. The van der Waals surface area contributed by atoms with Crippen LogP contribution in [0.3, 0.4) is 0 Å². The molecule has 0 spiro atoms. The van der Waals surface area contributed by atoms with Gasteiger partial charge in [-0.15, -0.1) is 11.8 Å². The first-order valence-corrected chi connectivity index (χ1v) is 17.3. The highest BCUT2D eigenvalue weighted by Gasteiger charge is 2.37. The maximum absolute atomic E-state index is 13.0. The van der Waals surface area contributed by atoms with Crippen LogP contribution in [0.1, 0.15) is 59.8 Å². The third-order valence-corrected chi connectivity index (χ3v) is 9.13. The van der Waals surface area contributed by atoms with Gasteiger partial charge in [0.05, 0.1) is 23.2 Å². The number of nitrogens with one attached hydrogen (secondary N) is 2. The van der Waals surface area contributed by atoms with Gasteiger partial charge < -0.3 is 21.4 Å². The second-order valence-electron chi connectivity index (χ2n) is 11.5. The summed E-state index contributed by atoms with van der Waals surface area (Å²) in [5.74, 6) is 1.29. The Hall–Kier alpha value is -2.85. The lowest BCUT2D eigenvalue weighted by molar-refractivity contribution is 0.365. The molecule has 2 aliphatic heterocycles. The number of nitrogens with zero attached hydrogens (tertiary/aromatic N) is 3. The van der Waals surface area contributed by atoms with Gasteiger partial charge >= 0.3 is 0 Å². The summed E-state index contributed by atoms with van der Waals surface area (Å²) in [5.41, 5.74) is 9.72. The van der Waals surface area contributed by atoms with Gasteiger partial charge in [0.2, 0.25) is 0 Å². The van der Waals surface area contributed by atoms with Crippen LogP contribution in [0.2, 0.25) is 5.02 Å². The van der Waals surface area contributed by atoms with Gasteiger partial charge in [-0.3, -0.25) is 9.98 Å². The van der Waals surface area contributed by atoms with Crippen molar-refractivity contribution >= 4 is 40.6 Å². The third kappa shape index (κ3) is 13.9. The van der Waals surface area contributed by atoms with Crippen molar-refractivity contribution in [2.45, 2.75) is 83.3 Å². The average Bonchev–Trinajstić information content (AvgIpc) is 3.77. The largest absolute Gasteiger partial charge is 0.331 e. The fourth-order valence-corrected chi connectivity index (χ4v) is 5.98. The molecule has 252 valence electrons. The van der Waals surface area contributed by atoms with Crippen LogP contribution in [0.5, 0.6) is 0 Å². The number of hydrogen-bond donors (Lipinski definition) is 3. The van der Waals surface area contributed by atoms with E-state index in [9.17, 15) is 8.78 Å². The summed E-state index contributed by atoms with van der Waals surface area (Å²) < 4.78 is 25.1. The van der Waals surface area contributed by atoms with Crippen LogP contribution in [0.15, 0.2) is 94.6 Å². The SMILES string of the molecule is C/C=C\SC(C1=NCC(C(=N)/C=C\CC(C)F)=C2CC(N)CN12)C(C)CC.C=CN=C(C=C)CNC1CC1.Fc1cccc(Cl)c1. The van der Waals surface area contributed by atoms with Gasteiger partial charge in [-0.2, -0.15) is 0 Å². The smallest absolute Gasteiger partial charge is 0.124 e. The van der Waals surface area contributed by atoms with Gasteiger partial charge in [0.25, 0.3) is 0 Å². The van der Waals surface area contributed by atoms with Crippen LogP contribution in [0.4, 0.5) is 8.78 Å². The predicted molar refractivity (Wildman–Crippen MR) is 197 cm³/mol. The first-order chi connectivity index (χ1) is 22.0. The zero-order valence-electron chi connectivity index (χ0n) is 27.7. The highest BCUT2D eigenvalue weighted by atomic mass is 35.5. The minimum Gasteiger partial charge on any atom is -0.331 e. The Morgan fingerprint density at radius 2 is 2.07 bits per heavy atom. The molecule has 4 N–H and O–H groups in total. The molecule has 2 heterocycles. The zero-order chi connectivity index (χ0) is 34.1. The number of amidine groups is 1. The number of fused-ring (bicyclic) bond motifs is 1. The molecule has 3 aliphatic rings. The molecule has 10 heteroatoms. The minimum atomic E-state index is -0.890. The van der Waals surface area contributed by atoms with Crippen molar-refractivity contribution in [2.75, 3.05) is 19.6 Å². The maximum atomic E-state index is 13.0. The van der Waals surface area contributed by atoms with E-state index in [-0.39, 0.29) is 17.1 Å². The van der Waals surface area contributed by atoms with Crippen molar-refractivity contribution in [2.24, 2.45) is 21.6 Å². The van der Waals surface area contributed by atoms with E-state index < -0.39 is 6.17 Å². The fraction of sp³-hybridized carbons (Fsp3) is 0.472. The first-order valence-electron chi connectivity index (χ1n) is 15.9. The summed E-state index contributed by atoms with van der Waals surface area (Å²) in [6.07, 6.45) is 12.7. The topological polar surface area (TPSA) is 89.9 Å². The highest BCUT2D eigenvalue weighted by Crippen LogP contribution is 2.35. The first kappa shape index (κ1) is 39.3. The second kappa shape index (κ2) is 21.1. The van der Waals surface area contributed by atoms with E-state index in [1.54, 1.807) is 36.6 Å².